The van der Waals surface area contributed by atoms with Crippen LogP contribution in [-0.4, -0.2) is 40.5 Å². The second-order valence-electron chi connectivity index (χ2n) is 5.96. The number of ether oxygens (including phenoxy) is 1. The zero-order valence-electron chi connectivity index (χ0n) is 15.2. The maximum Gasteiger partial charge on any atom is 0.266 e. The van der Waals surface area contributed by atoms with Crippen LogP contribution in [0.2, 0.25) is 0 Å². The average Bonchev–Trinajstić information content (AvgIpc) is 3.28. The van der Waals surface area contributed by atoms with Crippen LogP contribution in [-0.2, 0) is 17.1 Å². The topological polar surface area (TPSA) is 125 Å². The summed E-state index contributed by atoms with van der Waals surface area (Å²) in [5.74, 6) is 0.993. The lowest BCUT2D eigenvalue weighted by molar-refractivity contribution is 0.417. The minimum Gasteiger partial charge on any atom is -0.494 e. The minimum atomic E-state index is -3.93. The van der Waals surface area contributed by atoms with Crippen molar-refractivity contribution in [1.82, 2.24) is 25.0 Å². The first kappa shape index (κ1) is 17.9. The molecule has 0 saturated carbocycles. The Morgan fingerprint density at radius 3 is 2.61 bits per heavy atom. The molecule has 0 radical (unpaired) electrons. The van der Waals surface area contributed by atoms with Gasteiger partial charge in [0, 0.05) is 25.6 Å². The molecule has 0 fully saturated rings. The van der Waals surface area contributed by atoms with Crippen molar-refractivity contribution in [1.29, 1.82) is 0 Å². The third kappa shape index (κ3) is 3.05. The fourth-order valence-electron chi connectivity index (χ4n) is 2.78. The second-order valence-corrected chi connectivity index (χ2v) is 7.64. The smallest absolute Gasteiger partial charge is 0.266 e. The van der Waals surface area contributed by atoms with Gasteiger partial charge in [0.15, 0.2) is 0 Å². The lowest BCUT2D eigenvalue weighted by Crippen LogP contribution is -2.15. The Kier molecular flexibility index (Phi) is 4.23. The van der Waals surface area contributed by atoms with Gasteiger partial charge in [-0.25, -0.2) is 13.4 Å². The van der Waals surface area contributed by atoms with Crippen molar-refractivity contribution in [2.45, 2.75) is 11.8 Å². The Bertz CT molecular complexity index is 1260. The largest absolute Gasteiger partial charge is 0.494 e. The van der Waals surface area contributed by atoms with Crippen molar-refractivity contribution in [2.75, 3.05) is 11.8 Å². The van der Waals surface area contributed by atoms with Crippen LogP contribution in [0, 0.1) is 6.92 Å². The van der Waals surface area contributed by atoms with E-state index in [0.717, 1.165) is 5.39 Å². The van der Waals surface area contributed by atoms with E-state index in [1.807, 2.05) is 6.07 Å². The number of sulfonamides is 1. The van der Waals surface area contributed by atoms with E-state index < -0.39 is 10.0 Å². The standard InChI is InChI=1S/C17H16N6O4S/c1-10-20-21-17(27-10)13-6-5-12(9-18-13)28(24,25)22-15-14(26-3)7-4-11-8-19-23(2)16(11)15/h4-9,22H,1-3H3. The summed E-state index contributed by atoms with van der Waals surface area (Å²) < 4.78 is 40.6. The monoisotopic (exact) mass is 400 g/mol. The van der Waals surface area contributed by atoms with Crippen LogP contribution in [0.4, 0.5) is 5.69 Å². The Labute approximate surface area is 160 Å². The van der Waals surface area contributed by atoms with Gasteiger partial charge >= 0.3 is 0 Å². The van der Waals surface area contributed by atoms with Gasteiger partial charge in [-0.3, -0.25) is 9.40 Å². The molecular weight excluding hydrogens is 384 g/mol. The van der Waals surface area contributed by atoms with Gasteiger partial charge in [-0.15, -0.1) is 10.2 Å². The van der Waals surface area contributed by atoms with Gasteiger partial charge in [0.25, 0.3) is 15.9 Å². The van der Waals surface area contributed by atoms with E-state index in [1.54, 1.807) is 30.9 Å². The maximum absolute atomic E-state index is 12.9. The van der Waals surface area contributed by atoms with E-state index >= 15 is 0 Å². The number of nitrogens with one attached hydrogen (secondary N) is 1. The number of pyridine rings is 1. The van der Waals surface area contributed by atoms with Crippen LogP contribution >= 0.6 is 0 Å². The van der Waals surface area contributed by atoms with E-state index in [-0.39, 0.29) is 10.8 Å². The first-order valence-electron chi connectivity index (χ1n) is 8.17. The third-order valence-electron chi connectivity index (χ3n) is 4.11. The summed E-state index contributed by atoms with van der Waals surface area (Å²) in [4.78, 5) is 4.10. The summed E-state index contributed by atoms with van der Waals surface area (Å²) in [7, 11) is -0.731. The number of hydrogen-bond donors (Lipinski definition) is 1. The number of aromatic nitrogens is 5. The van der Waals surface area contributed by atoms with E-state index in [2.05, 4.69) is 25.0 Å². The third-order valence-corrected chi connectivity index (χ3v) is 5.45. The molecule has 0 aliphatic carbocycles. The Balaban J connectivity index is 1.72. The molecule has 0 bridgehead atoms. The van der Waals surface area contributed by atoms with Gasteiger partial charge in [-0.05, 0) is 24.3 Å². The Morgan fingerprint density at radius 1 is 1.14 bits per heavy atom. The van der Waals surface area contributed by atoms with E-state index in [4.69, 9.17) is 9.15 Å². The van der Waals surface area contributed by atoms with Crippen LogP contribution in [0.3, 0.4) is 0 Å². The molecule has 1 N–H and O–H groups in total. The highest BCUT2D eigenvalue weighted by Gasteiger charge is 2.21. The lowest BCUT2D eigenvalue weighted by Gasteiger charge is -2.13. The SMILES string of the molecule is COc1ccc2cnn(C)c2c1NS(=O)(=O)c1ccc(-c2nnc(C)o2)nc1. The summed E-state index contributed by atoms with van der Waals surface area (Å²) >= 11 is 0. The predicted octanol–water partition coefficient (Wildman–Crippen LogP) is 2.14. The Hall–Kier alpha value is -3.47. The highest BCUT2D eigenvalue weighted by Crippen LogP contribution is 2.34. The Morgan fingerprint density at radius 2 is 1.96 bits per heavy atom. The number of aryl methyl sites for hydroxylation is 2. The average molecular weight is 400 g/mol. The first-order valence-corrected chi connectivity index (χ1v) is 9.65. The summed E-state index contributed by atoms with van der Waals surface area (Å²) in [6.07, 6.45) is 2.88. The molecule has 0 spiro atoms. The fraction of sp³-hybridized carbons (Fsp3) is 0.176. The number of methoxy groups -OCH3 is 1. The molecule has 0 unspecified atom stereocenters. The second kappa shape index (κ2) is 6.60. The van der Waals surface area contributed by atoms with Gasteiger partial charge in [-0.2, -0.15) is 5.10 Å². The molecule has 0 amide bonds. The number of rotatable bonds is 5. The predicted molar refractivity (Wildman–Crippen MR) is 100 cm³/mol. The van der Waals surface area contributed by atoms with E-state index in [0.29, 0.717) is 28.5 Å². The molecule has 0 aliphatic rings. The molecule has 4 rings (SSSR count). The molecule has 3 heterocycles. The van der Waals surface area contributed by atoms with Crippen molar-refractivity contribution in [2.24, 2.45) is 7.05 Å². The zero-order valence-corrected chi connectivity index (χ0v) is 16.1. The van der Waals surface area contributed by atoms with Gasteiger partial charge < -0.3 is 9.15 Å². The summed E-state index contributed by atoms with van der Waals surface area (Å²) in [5.41, 5.74) is 1.29. The van der Waals surface area contributed by atoms with Crippen LogP contribution in [0.5, 0.6) is 5.75 Å². The van der Waals surface area contributed by atoms with Crippen molar-refractivity contribution in [3.63, 3.8) is 0 Å². The molecule has 0 saturated heterocycles. The molecule has 10 nitrogen and oxygen atoms in total. The molecule has 0 atom stereocenters. The number of nitrogens with zero attached hydrogens (tertiary/aromatic N) is 5. The van der Waals surface area contributed by atoms with Crippen LogP contribution < -0.4 is 9.46 Å². The van der Waals surface area contributed by atoms with Gasteiger partial charge in [0.1, 0.15) is 22.0 Å². The minimum absolute atomic E-state index is 0.0197. The summed E-state index contributed by atoms with van der Waals surface area (Å²) in [6, 6.07) is 6.41. The van der Waals surface area contributed by atoms with Crippen molar-refractivity contribution >= 4 is 26.6 Å². The number of benzene rings is 1. The normalized spacial score (nSPS) is 11.7. The van der Waals surface area contributed by atoms with Gasteiger partial charge in [-0.1, -0.05) is 0 Å². The molecule has 1 aromatic carbocycles. The maximum atomic E-state index is 12.9. The highest BCUT2D eigenvalue weighted by molar-refractivity contribution is 7.92. The highest BCUT2D eigenvalue weighted by atomic mass is 32.2. The van der Waals surface area contributed by atoms with Crippen LogP contribution in [0.25, 0.3) is 22.5 Å². The summed E-state index contributed by atoms with van der Waals surface area (Å²) in [5, 5.41) is 12.5. The van der Waals surface area contributed by atoms with Gasteiger partial charge in [0.2, 0.25) is 5.89 Å². The molecule has 4 aromatic rings. The molecule has 11 heteroatoms. The first-order chi connectivity index (χ1) is 13.4. The quantitative estimate of drug-likeness (QED) is 0.540. The van der Waals surface area contributed by atoms with E-state index in [9.17, 15) is 8.42 Å². The molecular formula is C17H16N6O4S. The van der Waals surface area contributed by atoms with E-state index in [1.165, 1.54) is 25.4 Å². The number of hydrogen-bond acceptors (Lipinski definition) is 8. The lowest BCUT2D eigenvalue weighted by atomic mass is 10.2. The summed E-state index contributed by atoms with van der Waals surface area (Å²) in [6.45, 7) is 1.66. The van der Waals surface area contributed by atoms with Crippen LogP contribution in [0.1, 0.15) is 5.89 Å². The van der Waals surface area contributed by atoms with Crippen LogP contribution in [0.15, 0.2) is 46.0 Å². The molecule has 144 valence electrons. The van der Waals surface area contributed by atoms with Gasteiger partial charge in [0.05, 0.1) is 18.8 Å². The molecule has 3 aromatic heterocycles. The zero-order chi connectivity index (χ0) is 19.9. The molecule has 0 aliphatic heterocycles. The van der Waals surface area contributed by atoms with Crippen molar-refractivity contribution in [3.05, 3.63) is 42.5 Å². The number of anilines is 1. The fourth-order valence-corrected chi connectivity index (χ4v) is 3.80. The molecule has 28 heavy (non-hydrogen) atoms. The van der Waals surface area contributed by atoms with Crippen molar-refractivity contribution in [3.8, 4) is 17.3 Å². The van der Waals surface area contributed by atoms with Crippen molar-refractivity contribution < 1.29 is 17.6 Å². The number of fused-ring (bicyclic) bond motifs is 1.